The van der Waals surface area contributed by atoms with E-state index >= 15 is 0 Å². The van der Waals surface area contributed by atoms with Crippen molar-refractivity contribution in [3.63, 3.8) is 0 Å². The summed E-state index contributed by atoms with van der Waals surface area (Å²) in [6, 6.07) is 3.89. The first-order valence-corrected chi connectivity index (χ1v) is 5.79. The monoisotopic (exact) mass is 224 g/mol. The maximum Gasteiger partial charge on any atom is 0.231 e. The lowest BCUT2D eigenvalue weighted by Crippen LogP contribution is -1.90. The van der Waals surface area contributed by atoms with Crippen LogP contribution < -0.4 is 0 Å². The van der Waals surface area contributed by atoms with Crippen molar-refractivity contribution in [1.82, 2.24) is 9.38 Å². The second-order valence-electron chi connectivity index (χ2n) is 2.91. The molecule has 0 aliphatic heterocycles. The van der Waals surface area contributed by atoms with E-state index in [1.165, 1.54) is 6.20 Å². The molecule has 0 fully saturated rings. The van der Waals surface area contributed by atoms with Gasteiger partial charge in [0.15, 0.2) is 0 Å². The highest BCUT2D eigenvalue weighted by molar-refractivity contribution is 5.48. The van der Waals surface area contributed by atoms with Crippen molar-refractivity contribution in [1.29, 1.82) is 0 Å². The van der Waals surface area contributed by atoms with E-state index in [0.29, 0.717) is 5.65 Å². The van der Waals surface area contributed by atoms with Gasteiger partial charge in [-0.25, -0.2) is 4.98 Å². The van der Waals surface area contributed by atoms with E-state index < -0.39 is 5.95 Å². The summed E-state index contributed by atoms with van der Waals surface area (Å²) in [7, 11) is 0. The Bertz CT molecular complexity index is 394. The largest absolute Gasteiger partial charge is 0.301 e. The molecule has 0 aromatic carbocycles. The van der Waals surface area contributed by atoms with Gasteiger partial charge < -0.3 is 4.40 Å². The average Bonchev–Trinajstić information content (AvgIpc) is 2.72. The van der Waals surface area contributed by atoms with Gasteiger partial charge in [-0.2, -0.15) is 4.39 Å². The summed E-state index contributed by atoms with van der Waals surface area (Å²) in [6.07, 6.45) is 1.40. The van der Waals surface area contributed by atoms with Crippen molar-refractivity contribution in [3.05, 3.63) is 35.5 Å². The molecule has 2 aromatic heterocycles. The molecule has 2 aromatic rings. The van der Waals surface area contributed by atoms with Gasteiger partial charge in [-0.3, -0.25) is 0 Å². The minimum absolute atomic E-state index is 0.424. The third-order valence-electron chi connectivity index (χ3n) is 1.98. The van der Waals surface area contributed by atoms with Crippen LogP contribution in [0.4, 0.5) is 4.39 Å². The van der Waals surface area contributed by atoms with Crippen LogP contribution in [0.3, 0.4) is 0 Å². The summed E-state index contributed by atoms with van der Waals surface area (Å²) in [5.74, 6) is -0.424. The number of fused-ring (bicyclic) bond motifs is 1. The lowest BCUT2D eigenvalue weighted by atomic mass is 10.2. The first-order chi connectivity index (χ1) is 7.68. The van der Waals surface area contributed by atoms with Gasteiger partial charge >= 0.3 is 0 Å². The standard InChI is InChI=1S/C9H9FN2.2C2H6/c1-6-3-4-7(2)12-5-8(10)11-9(6)12;2*1-2/h3-5H,1-2H3;2*1-2H3. The Kier molecular flexibility index (Phi) is 6.38. The number of rotatable bonds is 0. The van der Waals surface area contributed by atoms with E-state index in [0.717, 1.165) is 11.3 Å². The quantitative estimate of drug-likeness (QED) is 0.657. The predicted octanol–water partition coefficient (Wildman–Crippen LogP) is 4.14. The van der Waals surface area contributed by atoms with Crippen molar-refractivity contribution >= 4 is 5.65 Å². The third kappa shape index (κ3) is 3.05. The van der Waals surface area contributed by atoms with Crippen molar-refractivity contribution in [2.45, 2.75) is 41.5 Å². The molecule has 0 radical (unpaired) electrons. The molecule has 0 unspecified atom stereocenters. The first-order valence-electron chi connectivity index (χ1n) is 5.79. The van der Waals surface area contributed by atoms with Crippen LogP contribution in [-0.2, 0) is 0 Å². The zero-order valence-corrected chi connectivity index (χ0v) is 11.0. The van der Waals surface area contributed by atoms with Crippen molar-refractivity contribution < 1.29 is 4.39 Å². The van der Waals surface area contributed by atoms with Crippen LogP contribution >= 0.6 is 0 Å². The van der Waals surface area contributed by atoms with E-state index in [4.69, 9.17) is 0 Å². The van der Waals surface area contributed by atoms with E-state index in [1.54, 1.807) is 4.40 Å². The number of aryl methyl sites for hydroxylation is 2. The summed E-state index contributed by atoms with van der Waals surface area (Å²) in [6.45, 7) is 11.8. The highest BCUT2D eigenvalue weighted by Gasteiger charge is 2.03. The van der Waals surface area contributed by atoms with E-state index in [1.807, 2.05) is 53.7 Å². The predicted molar refractivity (Wildman–Crippen MR) is 67.3 cm³/mol. The fourth-order valence-electron chi connectivity index (χ4n) is 1.30. The van der Waals surface area contributed by atoms with Gasteiger partial charge in [0.25, 0.3) is 0 Å². The Morgan fingerprint density at radius 2 is 1.62 bits per heavy atom. The molecule has 2 nitrogen and oxygen atoms in total. The molecule has 0 aliphatic carbocycles. The Hall–Kier alpha value is -1.38. The van der Waals surface area contributed by atoms with Crippen molar-refractivity contribution in [2.75, 3.05) is 0 Å². The molecule has 0 spiro atoms. The molecule has 0 aliphatic rings. The average molecular weight is 224 g/mol. The molecular formula is C13H21FN2. The zero-order valence-electron chi connectivity index (χ0n) is 11.0. The number of hydrogen-bond donors (Lipinski definition) is 0. The van der Waals surface area contributed by atoms with Gasteiger partial charge in [0.1, 0.15) is 5.65 Å². The third-order valence-corrected chi connectivity index (χ3v) is 1.98. The molecule has 2 rings (SSSR count). The van der Waals surface area contributed by atoms with Crippen LogP contribution in [0, 0.1) is 19.8 Å². The van der Waals surface area contributed by atoms with Gasteiger partial charge in [0.05, 0.1) is 6.20 Å². The van der Waals surface area contributed by atoms with Gasteiger partial charge in [-0.1, -0.05) is 33.8 Å². The summed E-state index contributed by atoms with van der Waals surface area (Å²) in [5.41, 5.74) is 2.68. The molecule has 90 valence electrons. The first kappa shape index (κ1) is 14.6. The summed E-state index contributed by atoms with van der Waals surface area (Å²) < 4.78 is 14.5. The summed E-state index contributed by atoms with van der Waals surface area (Å²) in [5, 5.41) is 0. The highest BCUT2D eigenvalue weighted by Crippen LogP contribution is 2.11. The minimum atomic E-state index is -0.424. The SMILES string of the molecule is CC.CC.Cc1ccc(C)n2cc(F)nc12. The van der Waals surface area contributed by atoms with Gasteiger partial charge in [0.2, 0.25) is 5.95 Å². The Balaban J connectivity index is 0.000000509. The van der Waals surface area contributed by atoms with E-state index in [-0.39, 0.29) is 0 Å². The topological polar surface area (TPSA) is 17.3 Å². The maximum absolute atomic E-state index is 12.7. The van der Waals surface area contributed by atoms with E-state index in [2.05, 4.69) is 4.98 Å². The van der Waals surface area contributed by atoms with Crippen molar-refractivity contribution in [3.8, 4) is 0 Å². The van der Waals surface area contributed by atoms with Crippen LogP contribution in [0.25, 0.3) is 5.65 Å². The fraction of sp³-hybridized carbons (Fsp3) is 0.462. The smallest absolute Gasteiger partial charge is 0.231 e. The Morgan fingerprint density at radius 1 is 1.06 bits per heavy atom. The van der Waals surface area contributed by atoms with Gasteiger partial charge in [0, 0.05) is 5.69 Å². The molecule has 2 heterocycles. The van der Waals surface area contributed by atoms with E-state index in [9.17, 15) is 4.39 Å². The summed E-state index contributed by atoms with van der Waals surface area (Å²) in [4.78, 5) is 3.77. The van der Waals surface area contributed by atoms with Crippen molar-refractivity contribution in [2.24, 2.45) is 0 Å². The second kappa shape index (κ2) is 6.99. The number of nitrogens with zero attached hydrogens (tertiary/aromatic N) is 2. The lowest BCUT2D eigenvalue weighted by Gasteiger charge is -2.00. The molecule has 0 atom stereocenters. The van der Waals surface area contributed by atoms with Crippen LogP contribution in [-0.4, -0.2) is 9.38 Å². The number of halogens is 1. The maximum atomic E-state index is 12.7. The second-order valence-corrected chi connectivity index (χ2v) is 2.91. The van der Waals surface area contributed by atoms with Crippen LogP contribution in [0.2, 0.25) is 0 Å². The van der Waals surface area contributed by atoms with Crippen LogP contribution in [0.15, 0.2) is 18.3 Å². The van der Waals surface area contributed by atoms with Crippen LogP contribution in [0.1, 0.15) is 39.0 Å². The molecule has 0 bridgehead atoms. The number of imidazole rings is 1. The molecular weight excluding hydrogens is 203 g/mol. The van der Waals surface area contributed by atoms with Gasteiger partial charge in [-0.15, -0.1) is 0 Å². The number of aromatic nitrogens is 2. The van der Waals surface area contributed by atoms with Gasteiger partial charge in [-0.05, 0) is 25.5 Å². The number of hydrogen-bond acceptors (Lipinski definition) is 1. The Morgan fingerprint density at radius 3 is 2.12 bits per heavy atom. The van der Waals surface area contributed by atoms with Crippen LogP contribution in [0.5, 0.6) is 0 Å². The minimum Gasteiger partial charge on any atom is -0.301 e. The highest BCUT2D eigenvalue weighted by atomic mass is 19.1. The zero-order chi connectivity index (χ0) is 12.7. The molecule has 0 amide bonds. The molecule has 0 saturated carbocycles. The Labute approximate surface area is 97.1 Å². The molecule has 3 heteroatoms. The summed E-state index contributed by atoms with van der Waals surface area (Å²) >= 11 is 0. The molecule has 0 N–H and O–H groups in total. The normalized spacial score (nSPS) is 8.94. The number of pyridine rings is 1. The molecule has 0 saturated heterocycles. The molecule has 16 heavy (non-hydrogen) atoms. The lowest BCUT2D eigenvalue weighted by molar-refractivity contribution is 0.592. The fourth-order valence-corrected chi connectivity index (χ4v) is 1.30.